The predicted molar refractivity (Wildman–Crippen MR) is 101 cm³/mol. The highest BCUT2D eigenvalue weighted by Gasteiger charge is 2.53. The van der Waals surface area contributed by atoms with Crippen molar-refractivity contribution in [3.8, 4) is 0 Å². The predicted octanol–water partition coefficient (Wildman–Crippen LogP) is 1.97. The minimum absolute atomic E-state index is 0.0168. The highest BCUT2D eigenvalue weighted by molar-refractivity contribution is 5.88. The molecule has 1 aliphatic carbocycles. The van der Waals surface area contributed by atoms with E-state index in [0.29, 0.717) is 6.61 Å². The number of nitrogens with one attached hydrogen (secondary N) is 1. The molecule has 2 bridgehead atoms. The molecule has 0 spiro atoms. The topological polar surface area (TPSA) is 94.2 Å². The van der Waals surface area contributed by atoms with Crippen molar-refractivity contribution in [1.82, 2.24) is 10.2 Å². The summed E-state index contributed by atoms with van der Waals surface area (Å²) in [5.41, 5.74) is 0.896. The van der Waals surface area contributed by atoms with Gasteiger partial charge in [0.1, 0.15) is 18.7 Å². The number of carbonyl (C=O) groups excluding carboxylic acids is 3. The van der Waals surface area contributed by atoms with Crippen LogP contribution in [0, 0.1) is 5.92 Å². The number of hydrogen-bond donors (Lipinski definition) is 1. The van der Waals surface area contributed by atoms with Gasteiger partial charge in [0.25, 0.3) is 0 Å². The highest BCUT2D eigenvalue weighted by Crippen LogP contribution is 2.43. The van der Waals surface area contributed by atoms with Crippen LogP contribution in [0.15, 0.2) is 30.3 Å². The molecule has 8 nitrogen and oxygen atoms in total. The van der Waals surface area contributed by atoms with Gasteiger partial charge in [0.05, 0.1) is 6.42 Å². The average Bonchev–Trinajstić information content (AvgIpc) is 3.42. The first kappa shape index (κ1) is 19.7. The molecule has 5 atom stereocenters. The molecule has 1 aromatic carbocycles. The van der Waals surface area contributed by atoms with Crippen molar-refractivity contribution in [1.29, 1.82) is 0 Å². The summed E-state index contributed by atoms with van der Waals surface area (Å²) in [6, 6.07) is 8.33. The number of likely N-dealkylation sites (tertiary alicyclic amines) is 1. The Balaban J connectivity index is 1.41. The molecular formula is C21H26N2O6. The molecule has 4 rings (SSSR count). The Morgan fingerprint density at radius 2 is 2.03 bits per heavy atom. The number of amides is 2. The fraction of sp³-hybridized carbons (Fsp3) is 0.571. The Labute approximate surface area is 169 Å². The van der Waals surface area contributed by atoms with Gasteiger partial charge in [-0.1, -0.05) is 30.3 Å². The summed E-state index contributed by atoms with van der Waals surface area (Å²) in [5.74, 6) is -0.574. The quantitative estimate of drug-likeness (QED) is 0.731. The molecule has 2 aliphatic heterocycles. The summed E-state index contributed by atoms with van der Waals surface area (Å²) >= 11 is 0. The number of piperidine rings is 1. The van der Waals surface area contributed by atoms with E-state index in [-0.39, 0.29) is 30.9 Å². The zero-order valence-corrected chi connectivity index (χ0v) is 16.4. The van der Waals surface area contributed by atoms with Crippen LogP contribution in [0.1, 0.15) is 38.2 Å². The molecule has 1 N–H and O–H groups in total. The fourth-order valence-electron chi connectivity index (χ4n) is 4.62. The number of hydrogen-bond acceptors (Lipinski definition) is 6. The van der Waals surface area contributed by atoms with Crippen molar-refractivity contribution < 1.29 is 28.6 Å². The molecule has 0 aromatic heterocycles. The van der Waals surface area contributed by atoms with Crippen molar-refractivity contribution in [2.24, 2.45) is 5.92 Å². The molecule has 156 valence electrons. The van der Waals surface area contributed by atoms with E-state index in [1.165, 1.54) is 0 Å². The van der Waals surface area contributed by atoms with Gasteiger partial charge >= 0.3 is 12.1 Å². The first-order valence-electron chi connectivity index (χ1n) is 10.2. The lowest BCUT2D eigenvalue weighted by Gasteiger charge is -2.34. The molecular weight excluding hydrogens is 376 g/mol. The Bertz CT molecular complexity index is 770. The van der Waals surface area contributed by atoms with E-state index in [0.717, 1.165) is 24.8 Å². The Morgan fingerprint density at radius 1 is 1.24 bits per heavy atom. The number of ether oxygens (including phenoxy) is 3. The number of fused-ring (bicyclic) bond motifs is 2. The molecule has 29 heavy (non-hydrogen) atoms. The third-order valence-electron chi connectivity index (χ3n) is 5.89. The molecule has 1 aromatic rings. The van der Waals surface area contributed by atoms with Crippen LogP contribution in [-0.2, 0) is 30.4 Å². The molecule has 2 amide bonds. The second-order valence-corrected chi connectivity index (χ2v) is 7.75. The smallest absolute Gasteiger partial charge is 0.411 e. The average molecular weight is 402 g/mol. The zero-order chi connectivity index (χ0) is 20.4. The van der Waals surface area contributed by atoms with Crippen molar-refractivity contribution >= 4 is 18.0 Å². The van der Waals surface area contributed by atoms with Gasteiger partial charge in [-0.15, -0.1) is 0 Å². The number of nitrogens with zero attached hydrogens (tertiary/aromatic N) is 1. The molecule has 8 heteroatoms. The van der Waals surface area contributed by atoms with E-state index in [1.807, 2.05) is 30.3 Å². The number of carbonyl (C=O) groups is 3. The van der Waals surface area contributed by atoms with Crippen LogP contribution < -0.4 is 5.32 Å². The molecule has 3 fully saturated rings. The summed E-state index contributed by atoms with van der Waals surface area (Å²) in [6.07, 6.45) is 1.39. The molecule has 2 saturated heterocycles. The Morgan fingerprint density at radius 3 is 2.79 bits per heavy atom. The maximum Gasteiger partial charge on any atom is 0.411 e. The zero-order valence-electron chi connectivity index (χ0n) is 16.4. The van der Waals surface area contributed by atoms with Crippen molar-refractivity contribution in [2.45, 2.75) is 63.6 Å². The molecule has 1 saturated carbocycles. The third kappa shape index (κ3) is 4.07. The van der Waals surface area contributed by atoms with E-state index in [2.05, 4.69) is 5.32 Å². The molecule has 0 radical (unpaired) electrons. The van der Waals surface area contributed by atoms with Crippen LogP contribution in [-0.4, -0.2) is 53.9 Å². The molecule has 0 unspecified atom stereocenters. The summed E-state index contributed by atoms with van der Waals surface area (Å²) < 4.78 is 16.0. The van der Waals surface area contributed by atoms with Gasteiger partial charge in [-0.2, -0.15) is 0 Å². The number of rotatable bonds is 6. The van der Waals surface area contributed by atoms with Crippen molar-refractivity contribution in [3.05, 3.63) is 35.9 Å². The van der Waals surface area contributed by atoms with E-state index < -0.39 is 30.4 Å². The maximum atomic E-state index is 13.1. The van der Waals surface area contributed by atoms with Gasteiger partial charge in [-0.25, -0.2) is 4.79 Å². The second kappa shape index (κ2) is 8.41. The first-order chi connectivity index (χ1) is 14.1. The van der Waals surface area contributed by atoms with Crippen molar-refractivity contribution in [2.75, 3.05) is 6.61 Å². The minimum atomic E-state index is -0.784. The normalized spacial score (nSPS) is 30.3. The Hall–Kier alpha value is -2.61. The fourth-order valence-corrected chi connectivity index (χ4v) is 4.62. The van der Waals surface area contributed by atoms with E-state index in [1.54, 1.807) is 11.8 Å². The number of benzene rings is 1. The van der Waals surface area contributed by atoms with Crippen LogP contribution in [0.5, 0.6) is 0 Å². The van der Waals surface area contributed by atoms with Crippen LogP contribution >= 0.6 is 0 Å². The van der Waals surface area contributed by atoms with Gasteiger partial charge in [0.2, 0.25) is 12.2 Å². The SMILES string of the molecule is CCO[C@@H]1OC(=O)C[C@@H]1NC(=O)[C@@H]1[C@H]2CC[C@@H](C2)N1C(=O)OCc1ccccc1. The van der Waals surface area contributed by atoms with E-state index >= 15 is 0 Å². The summed E-state index contributed by atoms with van der Waals surface area (Å²) in [6.45, 7) is 2.33. The van der Waals surface area contributed by atoms with Gasteiger partial charge in [0.15, 0.2) is 0 Å². The summed E-state index contributed by atoms with van der Waals surface area (Å²) in [7, 11) is 0. The van der Waals surface area contributed by atoms with Crippen LogP contribution in [0.25, 0.3) is 0 Å². The van der Waals surface area contributed by atoms with Gasteiger partial charge in [-0.3, -0.25) is 14.5 Å². The lowest BCUT2D eigenvalue weighted by atomic mass is 9.97. The van der Waals surface area contributed by atoms with Gasteiger partial charge in [0, 0.05) is 12.6 Å². The van der Waals surface area contributed by atoms with Crippen LogP contribution in [0.4, 0.5) is 4.79 Å². The monoisotopic (exact) mass is 402 g/mol. The lowest BCUT2D eigenvalue weighted by Crippen LogP contribution is -2.55. The first-order valence-corrected chi connectivity index (χ1v) is 10.2. The summed E-state index contributed by atoms with van der Waals surface area (Å²) in [4.78, 5) is 39.1. The van der Waals surface area contributed by atoms with Crippen LogP contribution in [0.2, 0.25) is 0 Å². The molecule has 3 aliphatic rings. The lowest BCUT2D eigenvalue weighted by molar-refractivity contribution is -0.164. The van der Waals surface area contributed by atoms with Gasteiger partial charge < -0.3 is 19.5 Å². The standard InChI is InChI=1S/C21H26N2O6/c1-2-27-20-16(11-17(24)29-20)22-19(25)18-14-8-9-15(10-14)23(18)21(26)28-12-13-6-4-3-5-7-13/h3-7,14-16,18,20H,2,8-12H2,1H3,(H,22,25)/t14-,15-,16-,18-,20+/m0/s1. The minimum Gasteiger partial charge on any atom is -0.445 e. The maximum absolute atomic E-state index is 13.1. The third-order valence-corrected chi connectivity index (χ3v) is 5.89. The van der Waals surface area contributed by atoms with Crippen LogP contribution in [0.3, 0.4) is 0 Å². The van der Waals surface area contributed by atoms with E-state index in [4.69, 9.17) is 14.2 Å². The van der Waals surface area contributed by atoms with Gasteiger partial charge in [-0.05, 0) is 37.7 Å². The Kier molecular flexibility index (Phi) is 5.71. The highest BCUT2D eigenvalue weighted by atomic mass is 16.7. The van der Waals surface area contributed by atoms with Crippen molar-refractivity contribution in [3.63, 3.8) is 0 Å². The largest absolute Gasteiger partial charge is 0.445 e. The summed E-state index contributed by atoms with van der Waals surface area (Å²) in [5, 5.41) is 2.87. The number of esters is 1. The number of cyclic esters (lactones) is 1. The molecule has 2 heterocycles. The second-order valence-electron chi connectivity index (χ2n) is 7.75. The van der Waals surface area contributed by atoms with E-state index in [9.17, 15) is 14.4 Å².